The van der Waals surface area contributed by atoms with Gasteiger partial charge in [-0.2, -0.15) is 0 Å². The first-order chi connectivity index (χ1) is 13.7. The maximum Gasteiger partial charge on any atom is 0.264 e. The number of amides is 1. The molecule has 142 valence electrons. The Morgan fingerprint density at radius 3 is 2.61 bits per heavy atom. The van der Waals surface area contributed by atoms with Crippen LogP contribution in [0, 0.1) is 5.82 Å². The summed E-state index contributed by atoms with van der Waals surface area (Å²) in [5, 5.41) is 6.06. The molecule has 1 aromatic heterocycles. The topological polar surface area (TPSA) is 41.9 Å². The van der Waals surface area contributed by atoms with Crippen molar-refractivity contribution in [3.05, 3.63) is 93.9 Å². The normalized spacial score (nSPS) is 15.8. The average Bonchev–Trinajstić information content (AvgIpc) is 3.41. The maximum absolute atomic E-state index is 13.1. The van der Waals surface area contributed by atoms with Gasteiger partial charge in [-0.3, -0.25) is 4.79 Å². The zero-order valence-corrected chi connectivity index (χ0v) is 15.9. The van der Waals surface area contributed by atoms with Crippen molar-refractivity contribution in [2.75, 3.05) is 6.54 Å². The van der Waals surface area contributed by atoms with Crippen molar-refractivity contribution in [2.24, 2.45) is 5.16 Å². The molecule has 2 aromatic carbocycles. The molecule has 28 heavy (non-hydrogen) atoms. The van der Waals surface area contributed by atoms with E-state index in [0.717, 1.165) is 16.8 Å². The summed E-state index contributed by atoms with van der Waals surface area (Å²) < 4.78 is 13.1. The van der Waals surface area contributed by atoms with Gasteiger partial charge in [-0.15, -0.1) is 11.3 Å². The van der Waals surface area contributed by atoms with Gasteiger partial charge in [-0.1, -0.05) is 53.7 Å². The number of hydrogen-bond donors (Lipinski definition) is 0. The second kappa shape index (κ2) is 8.35. The molecular weight excluding hydrogens is 375 g/mol. The molecule has 0 fully saturated rings. The van der Waals surface area contributed by atoms with Gasteiger partial charge in [0.05, 0.1) is 17.1 Å². The quantitative estimate of drug-likeness (QED) is 0.607. The third kappa shape index (κ3) is 4.28. The van der Waals surface area contributed by atoms with Crippen LogP contribution >= 0.6 is 11.3 Å². The zero-order chi connectivity index (χ0) is 19.3. The highest BCUT2D eigenvalue weighted by Gasteiger charge is 2.27. The summed E-state index contributed by atoms with van der Waals surface area (Å²) in [6.45, 7) is 0.934. The second-order valence-electron chi connectivity index (χ2n) is 6.62. The smallest absolute Gasteiger partial charge is 0.264 e. The number of hydrogen-bond acceptors (Lipinski definition) is 4. The van der Waals surface area contributed by atoms with E-state index in [9.17, 15) is 9.18 Å². The van der Waals surface area contributed by atoms with Crippen LogP contribution in [0.3, 0.4) is 0 Å². The molecule has 1 aliphatic heterocycles. The van der Waals surface area contributed by atoms with Gasteiger partial charge in [0.1, 0.15) is 5.82 Å². The van der Waals surface area contributed by atoms with Crippen LogP contribution in [-0.2, 0) is 11.4 Å². The third-order valence-corrected chi connectivity index (χ3v) is 5.43. The molecule has 2 heterocycles. The number of oxime groups is 1. The minimum Gasteiger partial charge on any atom is -0.390 e. The molecule has 0 saturated carbocycles. The number of thiophene rings is 1. The lowest BCUT2D eigenvalue weighted by Crippen LogP contribution is -2.37. The van der Waals surface area contributed by atoms with Gasteiger partial charge in [-0.05, 0) is 34.7 Å². The van der Waals surface area contributed by atoms with Crippen LogP contribution in [0.5, 0.6) is 0 Å². The molecule has 0 radical (unpaired) electrons. The van der Waals surface area contributed by atoms with Gasteiger partial charge in [0.15, 0.2) is 6.10 Å². The van der Waals surface area contributed by atoms with Crippen LogP contribution in [0.1, 0.15) is 27.2 Å². The molecule has 1 amide bonds. The summed E-state index contributed by atoms with van der Waals surface area (Å²) >= 11 is 1.43. The van der Waals surface area contributed by atoms with Gasteiger partial charge in [0, 0.05) is 13.0 Å². The van der Waals surface area contributed by atoms with Crippen LogP contribution in [0.25, 0.3) is 0 Å². The molecule has 6 heteroatoms. The molecule has 4 nitrogen and oxygen atoms in total. The molecule has 0 N–H and O–H groups in total. The van der Waals surface area contributed by atoms with Crippen LogP contribution in [-0.4, -0.2) is 29.2 Å². The number of nitrogens with zero attached hydrogens (tertiary/aromatic N) is 2. The van der Waals surface area contributed by atoms with Gasteiger partial charge in [-0.25, -0.2) is 4.39 Å². The molecule has 0 saturated heterocycles. The van der Waals surface area contributed by atoms with E-state index in [0.29, 0.717) is 24.4 Å². The molecule has 4 rings (SSSR count). The average molecular weight is 394 g/mol. The minimum absolute atomic E-state index is 0.0160. The summed E-state index contributed by atoms with van der Waals surface area (Å²) in [6.07, 6.45) is 0.349. The number of rotatable bonds is 6. The van der Waals surface area contributed by atoms with E-state index in [2.05, 4.69) is 5.16 Å². The van der Waals surface area contributed by atoms with Gasteiger partial charge < -0.3 is 9.74 Å². The lowest BCUT2D eigenvalue weighted by molar-refractivity contribution is 0.0408. The highest BCUT2D eigenvalue weighted by Crippen LogP contribution is 2.21. The molecule has 3 aromatic rings. The van der Waals surface area contributed by atoms with Crippen molar-refractivity contribution >= 4 is 23.0 Å². The lowest BCUT2D eigenvalue weighted by Gasteiger charge is -2.24. The summed E-state index contributed by atoms with van der Waals surface area (Å²) in [5.41, 5.74) is 2.67. The fourth-order valence-electron chi connectivity index (χ4n) is 3.16. The highest BCUT2D eigenvalue weighted by molar-refractivity contribution is 7.12. The standard InChI is InChI=1S/C22H19FN2O2S/c23-18-10-8-17(9-11-18)20-13-19(27-24-20)15-25(14-16-5-2-1-3-6-16)22(26)21-7-4-12-28-21/h1-12,19H,13-15H2/t19-/m1/s1. The molecular formula is C22H19FN2O2S. The Kier molecular flexibility index (Phi) is 5.48. The van der Waals surface area contributed by atoms with E-state index in [1.54, 1.807) is 17.0 Å². The van der Waals surface area contributed by atoms with E-state index >= 15 is 0 Å². The number of benzene rings is 2. The van der Waals surface area contributed by atoms with Crippen LogP contribution in [0.4, 0.5) is 4.39 Å². The Balaban J connectivity index is 1.47. The fraction of sp³-hybridized carbons (Fsp3) is 0.182. The minimum atomic E-state index is -0.282. The van der Waals surface area contributed by atoms with E-state index in [1.807, 2.05) is 47.8 Å². The van der Waals surface area contributed by atoms with E-state index in [-0.39, 0.29) is 17.8 Å². The first-order valence-corrected chi connectivity index (χ1v) is 9.92. The first-order valence-electron chi connectivity index (χ1n) is 9.04. The molecule has 1 aliphatic rings. The van der Waals surface area contributed by atoms with Gasteiger partial charge >= 0.3 is 0 Å². The van der Waals surface area contributed by atoms with E-state index in [1.165, 1.54) is 23.5 Å². The van der Waals surface area contributed by atoms with E-state index < -0.39 is 0 Å². The zero-order valence-electron chi connectivity index (χ0n) is 15.1. The number of carbonyl (C=O) groups is 1. The second-order valence-corrected chi connectivity index (χ2v) is 7.57. The van der Waals surface area contributed by atoms with Crippen molar-refractivity contribution in [3.63, 3.8) is 0 Å². The lowest BCUT2D eigenvalue weighted by atomic mass is 10.0. The van der Waals surface area contributed by atoms with Crippen molar-refractivity contribution in [3.8, 4) is 0 Å². The molecule has 1 atom stereocenters. The van der Waals surface area contributed by atoms with Crippen molar-refractivity contribution < 1.29 is 14.0 Å². The monoisotopic (exact) mass is 394 g/mol. The van der Waals surface area contributed by atoms with Crippen LogP contribution in [0.2, 0.25) is 0 Å². The molecule has 0 aliphatic carbocycles. The molecule has 0 spiro atoms. The summed E-state index contributed by atoms with van der Waals surface area (Å²) in [7, 11) is 0. The SMILES string of the molecule is O=C(c1cccs1)N(Cc1ccccc1)C[C@H]1CC(c2ccc(F)cc2)=NO1. The summed E-state index contributed by atoms with van der Waals surface area (Å²) in [5.74, 6) is -0.298. The van der Waals surface area contributed by atoms with E-state index in [4.69, 9.17) is 4.84 Å². The summed E-state index contributed by atoms with van der Waals surface area (Å²) in [6, 6.07) is 19.8. The maximum atomic E-state index is 13.1. The largest absolute Gasteiger partial charge is 0.390 e. The Bertz CT molecular complexity index is 956. The third-order valence-electron chi connectivity index (χ3n) is 4.57. The Labute approximate surface area is 166 Å². The Morgan fingerprint density at radius 2 is 1.89 bits per heavy atom. The van der Waals surface area contributed by atoms with Crippen LogP contribution in [0.15, 0.2) is 77.3 Å². The van der Waals surface area contributed by atoms with Crippen LogP contribution < -0.4 is 0 Å². The first kappa shape index (κ1) is 18.4. The Hall–Kier alpha value is -2.99. The van der Waals surface area contributed by atoms with Crippen molar-refractivity contribution in [2.45, 2.75) is 19.1 Å². The number of carbonyl (C=O) groups excluding carboxylic acids is 1. The fourth-order valence-corrected chi connectivity index (χ4v) is 3.85. The van der Waals surface area contributed by atoms with Gasteiger partial charge in [0.2, 0.25) is 0 Å². The summed E-state index contributed by atoms with van der Waals surface area (Å²) in [4.78, 5) is 21.1. The number of halogens is 1. The molecule has 0 bridgehead atoms. The van der Waals surface area contributed by atoms with Crippen molar-refractivity contribution in [1.29, 1.82) is 0 Å². The highest BCUT2D eigenvalue weighted by atomic mass is 32.1. The predicted octanol–water partition coefficient (Wildman–Crippen LogP) is 4.72. The predicted molar refractivity (Wildman–Crippen MR) is 108 cm³/mol. The molecule has 0 unspecified atom stereocenters. The van der Waals surface area contributed by atoms with Gasteiger partial charge in [0.25, 0.3) is 5.91 Å². The van der Waals surface area contributed by atoms with Crippen molar-refractivity contribution in [1.82, 2.24) is 4.90 Å². The Morgan fingerprint density at radius 1 is 1.11 bits per heavy atom.